The summed E-state index contributed by atoms with van der Waals surface area (Å²) in [7, 11) is 0. The number of nitrogens with one attached hydrogen (secondary N) is 1. The zero-order chi connectivity index (χ0) is 8.69. The molecule has 0 bridgehead atoms. The van der Waals surface area contributed by atoms with E-state index in [1.165, 1.54) is 0 Å². The van der Waals surface area contributed by atoms with E-state index in [1.807, 2.05) is 0 Å². The van der Waals surface area contributed by atoms with E-state index in [0.29, 0.717) is 25.8 Å². The highest BCUT2D eigenvalue weighted by molar-refractivity contribution is 6.63. The highest BCUT2D eigenvalue weighted by Crippen LogP contribution is 1.97. The maximum Gasteiger partial charge on any atom is 0.404 e. The van der Waals surface area contributed by atoms with Crippen LogP contribution in [0.1, 0.15) is 19.3 Å². The Bertz CT molecular complexity index is 133. The van der Waals surface area contributed by atoms with E-state index < -0.39 is 6.09 Å². The monoisotopic (exact) mass is 179 g/mol. The second kappa shape index (κ2) is 5.97. The molecular weight excluding hydrogens is 170 g/mol. The van der Waals surface area contributed by atoms with Gasteiger partial charge in [-0.25, -0.2) is 4.79 Å². The van der Waals surface area contributed by atoms with Gasteiger partial charge in [0.05, 0.1) is 0 Å². The summed E-state index contributed by atoms with van der Waals surface area (Å²) >= 11 is 5.04. The molecule has 0 aliphatic rings. The van der Waals surface area contributed by atoms with E-state index in [4.69, 9.17) is 16.7 Å². The minimum Gasteiger partial charge on any atom is -0.465 e. The molecule has 0 unspecified atom stereocenters. The maximum atomic E-state index is 10.2. The van der Waals surface area contributed by atoms with Gasteiger partial charge in [0.15, 0.2) is 0 Å². The zero-order valence-electron chi connectivity index (χ0n) is 5.97. The van der Waals surface area contributed by atoms with Crippen LogP contribution in [0.3, 0.4) is 0 Å². The summed E-state index contributed by atoms with van der Waals surface area (Å²) in [6.45, 7) is 0.375. The van der Waals surface area contributed by atoms with Crippen LogP contribution in [0.5, 0.6) is 0 Å². The molecule has 0 saturated heterocycles. The lowest BCUT2D eigenvalue weighted by Gasteiger charge is -1.97. The first kappa shape index (κ1) is 10.2. The molecule has 0 aliphatic carbocycles. The number of carbonyl (C=O) groups is 2. The van der Waals surface area contributed by atoms with Crippen molar-refractivity contribution >= 4 is 22.9 Å². The molecule has 64 valence electrons. The van der Waals surface area contributed by atoms with Gasteiger partial charge in [-0.2, -0.15) is 0 Å². The van der Waals surface area contributed by atoms with E-state index in [1.54, 1.807) is 0 Å². The van der Waals surface area contributed by atoms with Gasteiger partial charge in [-0.05, 0) is 24.4 Å². The van der Waals surface area contributed by atoms with Crippen LogP contribution in [0.25, 0.3) is 0 Å². The molecule has 0 aromatic carbocycles. The van der Waals surface area contributed by atoms with Crippen molar-refractivity contribution in [1.29, 1.82) is 0 Å². The Morgan fingerprint density at radius 3 is 2.45 bits per heavy atom. The molecule has 0 heterocycles. The summed E-state index contributed by atoms with van der Waals surface area (Å²) in [6, 6.07) is 0. The molecule has 0 aromatic rings. The Morgan fingerprint density at radius 1 is 1.36 bits per heavy atom. The lowest BCUT2D eigenvalue weighted by molar-refractivity contribution is -0.111. The fourth-order valence-electron chi connectivity index (χ4n) is 0.584. The highest BCUT2D eigenvalue weighted by Gasteiger charge is 1.96. The van der Waals surface area contributed by atoms with Crippen LogP contribution in [0.2, 0.25) is 0 Å². The maximum absolute atomic E-state index is 10.2. The summed E-state index contributed by atoms with van der Waals surface area (Å²) in [6.07, 6.45) is 0.540. The lowest BCUT2D eigenvalue weighted by atomic mass is 10.2. The van der Waals surface area contributed by atoms with Gasteiger partial charge in [-0.15, -0.1) is 0 Å². The van der Waals surface area contributed by atoms with Gasteiger partial charge >= 0.3 is 6.09 Å². The van der Waals surface area contributed by atoms with Crippen molar-refractivity contribution in [3.8, 4) is 0 Å². The van der Waals surface area contributed by atoms with Crippen molar-refractivity contribution in [2.45, 2.75) is 19.3 Å². The van der Waals surface area contributed by atoms with Crippen molar-refractivity contribution in [2.75, 3.05) is 6.54 Å². The fourth-order valence-corrected chi connectivity index (χ4v) is 0.718. The number of hydrogen-bond donors (Lipinski definition) is 2. The fraction of sp³-hybridized carbons (Fsp3) is 0.667. The van der Waals surface area contributed by atoms with Crippen LogP contribution in [-0.2, 0) is 4.79 Å². The average Bonchev–Trinajstić information content (AvgIpc) is 1.85. The number of halogens is 1. The number of unbranched alkanes of at least 4 members (excludes halogenated alkanes) is 1. The summed E-state index contributed by atoms with van der Waals surface area (Å²) in [5.41, 5.74) is 0. The smallest absolute Gasteiger partial charge is 0.404 e. The number of rotatable bonds is 5. The summed E-state index contributed by atoms with van der Waals surface area (Å²) < 4.78 is 0. The first-order valence-electron chi connectivity index (χ1n) is 3.28. The third kappa shape index (κ3) is 9.23. The predicted molar refractivity (Wildman–Crippen MR) is 40.7 cm³/mol. The molecule has 5 heteroatoms. The Labute approximate surface area is 69.5 Å². The average molecular weight is 180 g/mol. The van der Waals surface area contributed by atoms with Gasteiger partial charge in [0.25, 0.3) is 0 Å². The van der Waals surface area contributed by atoms with Crippen molar-refractivity contribution in [3.05, 3.63) is 0 Å². The minimum atomic E-state index is -1.04. The molecule has 0 aromatic heterocycles. The minimum absolute atomic E-state index is 0.308. The SMILES string of the molecule is O=C(Cl)CCCCNC(=O)O. The summed E-state index contributed by atoms with van der Waals surface area (Å²) in [4.78, 5) is 20.1. The van der Waals surface area contributed by atoms with Gasteiger partial charge in [-0.3, -0.25) is 4.79 Å². The van der Waals surface area contributed by atoms with Gasteiger partial charge in [0, 0.05) is 13.0 Å². The number of carbonyl (C=O) groups excluding carboxylic acids is 1. The van der Waals surface area contributed by atoms with Gasteiger partial charge in [-0.1, -0.05) is 0 Å². The molecule has 2 N–H and O–H groups in total. The molecule has 0 fully saturated rings. The highest BCUT2D eigenvalue weighted by atomic mass is 35.5. The number of carboxylic acid groups (broad SMARTS) is 1. The Balaban J connectivity index is 3.03. The van der Waals surface area contributed by atoms with Crippen LogP contribution in [0.4, 0.5) is 4.79 Å². The second-order valence-electron chi connectivity index (χ2n) is 2.04. The van der Waals surface area contributed by atoms with E-state index >= 15 is 0 Å². The first-order valence-corrected chi connectivity index (χ1v) is 3.66. The molecule has 1 amide bonds. The van der Waals surface area contributed by atoms with E-state index in [2.05, 4.69) is 5.32 Å². The number of hydrogen-bond acceptors (Lipinski definition) is 2. The first-order chi connectivity index (χ1) is 5.13. The third-order valence-corrected chi connectivity index (χ3v) is 1.27. The van der Waals surface area contributed by atoms with Crippen molar-refractivity contribution < 1.29 is 14.7 Å². The molecule has 0 saturated carbocycles. The van der Waals surface area contributed by atoms with Crippen LogP contribution < -0.4 is 5.32 Å². The van der Waals surface area contributed by atoms with Crippen LogP contribution in [-0.4, -0.2) is 23.0 Å². The quantitative estimate of drug-likeness (QED) is 0.492. The van der Waals surface area contributed by atoms with E-state index in [9.17, 15) is 9.59 Å². The summed E-state index contributed by atoms with van der Waals surface area (Å²) in [5.74, 6) is 0. The predicted octanol–water partition coefficient (Wildman–Crippen LogP) is 1.19. The van der Waals surface area contributed by atoms with E-state index in [-0.39, 0.29) is 5.24 Å². The standard InChI is InChI=1S/C6H10ClNO3/c7-5(9)3-1-2-4-8-6(10)11/h8H,1-4H2,(H,10,11). The van der Waals surface area contributed by atoms with Gasteiger partial charge < -0.3 is 10.4 Å². The lowest BCUT2D eigenvalue weighted by Crippen LogP contribution is -2.21. The molecule has 0 radical (unpaired) electrons. The molecular formula is C6H10ClNO3. The van der Waals surface area contributed by atoms with Crippen LogP contribution >= 0.6 is 11.6 Å². The Kier molecular flexibility index (Phi) is 5.56. The molecule has 4 nitrogen and oxygen atoms in total. The van der Waals surface area contributed by atoms with Crippen LogP contribution in [0.15, 0.2) is 0 Å². The normalized spacial score (nSPS) is 9.18. The van der Waals surface area contributed by atoms with Crippen molar-refractivity contribution in [3.63, 3.8) is 0 Å². The molecule has 0 spiro atoms. The Morgan fingerprint density at radius 2 is 2.00 bits per heavy atom. The van der Waals surface area contributed by atoms with Gasteiger partial charge in [0.1, 0.15) is 0 Å². The third-order valence-electron chi connectivity index (χ3n) is 1.08. The van der Waals surface area contributed by atoms with Crippen molar-refractivity contribution in [1.82, 2.24) is 5.32 Å². The van der Waals surface area contributed by atoms with Crippen LogP contribution in [0, 0.1) is 0 Å². The molecule has 0 atom stereocenters. The Hall–Kier alpha value is -0.770. The second-order valence-corrected chi connectivity index (χ2v) is 2.47. The summed E-state index contributed by atoms with van der Waals surface area (Å²) in [5, 5.41) is 9.92. The molecule has 11 heavy (non-hydrogen) atoms. The zero-order valence-corrected chi connectivity index (χ0v) is 6.73. The molecule has 0 rings (SSSR count). The van der Waals surface area contributed by atoms with E-state index in [0.717, 1.165) is 0 Å². The topological polar surface area (TPSA) is 66.4 Å². The molecule has 0 aliphatic heterocycles. The van der Waals surface area contributed by atoms with Crippen molar-refractivity contribution in [2.24, 2.45) is 0 Å². The largest absolute Gasteiger partial charge is 0.465 e. The number of amides is 1. The van der Waals surface area contributed by atoms with Gasteiger partial charge in [0.2, 0.25) is 5.24 Å².